The smallest absolute Gasteiger partial charge is 0.173 e. The normalized spacial score (nSPS) is 43.0. The first-order valence-corrected chi connectivity index (χ1v) is 5.66. The van der Waals surface area contributed by atoms with Crippen molar-refractivity contribution in [3.63, 3.8) is 0 Å². The molecule has 70 valence electrons. The predicted molar refractivity (Wildman–Crippen MR) is 53.6 cm³/mol. The molecule has 0 aromatic carbocycles. The Morgan fingerprint density at radius 1 is 1.08 bits per heavy atom. The molecule has 1 saturated carbocycles. The van der Waals surface area contributed by atoms with Crippen molar-refractivity contribution in [2.24, 2.45) is 5.41 Å². The molecule has 1 atom stereocenters. The van der Waals surface area contributed by atoms with Crippen LogP contribution in [0.2, 0.25) is 0 Å². The topological polar surface area (TPSA) is 18.5 Å². The number of hydrogen-bond donors (Lipinski definition) is 0. The van der Waals surface area contributed by atoms with Crippen LogP contribution < -0.4 is 0 Å². The van der Waals surface area contributed by atoms with Crippen LogP contribution in [0.5, 0.6) is 0 Å². The Bertz CT molecular complexity index is 204. The third kappa shape index (κ3) is 1.04. The monoisotopic (exact) mass is 298 g/mol. The fraction of sp³-hybridized carbons (Fsp3) is 1.00. The minimum atomic E-state index is -0.417. The second-order valence-electron chi connectivity index (χ2n) is 3.86. The summed E-state index contributed by atoms with van der Waals surface area (Å²) >= 11 is 7.22. The Morgan fingerprint density at radius 2 is 1.50 bits per heavy atom. The summed E-state index contributed by atoms with van der Waals surface area (Å²) in [6, 6.07) is 0. The van der Waals surface area contributed by atoms with Crippen molar-refractivity contribution in [1.29, 1.82) is 0 Å². The van der Waals surface area contributed by atoms with Gasteiger partial charge in [0.05, 0.1) is 16.4 Å². The quantitative estimate of drug-likeness (QED) is 0.693. The Balaban J connectivity index is 2.20. The van der Waals surface area contributed by atoms with Crippen molar-refractivity contribution in [3.8, 4) is 0 Å². The van der Waals surface area contributed by atoms with E-state index in [4.69, 9.17) is 9.47 Å². The summed E-state index contributed by atoms with van der Waals surface area (Å²) < 4.78 is 11.2. The summed E-state index contributed by atoms with van der Waals surface area (Å²) in [5.41, 5.74) is 0.0521. The van der Waals surface area contributed by atoms with Crippen molar-refractivity contribution in [3.05, 3.63) is 0 Å². The predicted octanol–water partition coefficient (Wildman–Crippen LogP) is 2.65. The Hall–Kier alpha value is 0.880. The molecule has 0 spiro atoms. The van der Waals surface area contributed by atoms with Crippen molar-refractivity contribution in [2.45, 2.75) is 29.3 Å². The lowest BCUT2D eigenvalue weighted by atomic mass is 9.99. The summed E-state index contributed by atoms with van der Waals surface area (Å²) in [6.07, 6.45) is 1.04. The van der Waals surface area contributed by atoms with Crippen LogP contribution >= 0.6 is 31.9 Å². The summed E-state index contributed by atoms with van der Waals surface area (Å²) in [5.74, 6) is -0.417. The molecule has 1 aliphatic carbocycles. The Kier molecular flexibility index (Phi) is 1.94. The average Bonchev–Trinajstić information content (AvgIpc) is 2.39. The van der Waals surface area contributed by atoms with Gasteiger partial charge < -0.3 is 9.47 Å². The molecule has 2 nitrogen and oxygen atoms in total. The molecule has 0 aromatic rings. The van der Waals surface area contributed by atoms with Gasteiger partial charge in [0.25, 0.3) is 0 Å². The zero-order valence-corrected chi connectivity index (χ0v) is 10.4. The molecule has 2 rings (SSSR count). The maximum Gasteiger partial charge on any atom is 0.173 e. The highest BCUT2D eigenvalue weighted by Crippen LogP contribution is 2.72. The fourth-order valence-corrected chi connectivity index (χ4v) is 3.57. The van der Waals surface area contributed by atoms with Crippen molar-refractivity contribution < 1.29 is 9.47 Å². The van der Waals surface area contributed by atoms with Gasteiger partial charge in [0, 0.05) is 5.41 Å². The number of hydrogen-bond acceptors (Lipinski definition) is 2. The van der Waals surface area contributed by atoms with Gasteiger partial charge in [-0.15, -0.1) is 0 Å². The minimum Gasteiger partial charge on any atom is -0.347 e. The van der Waals surface area contributed by atoms with Crippen molar-refractivity contribution in [2.75, 3.05) is 13.2 Å². The number of alkyl halides is 2. The SMILES string of the molecule is CC1([C@@]2(C)CC2(Br)Br)OCCO1. The lowest BCUT2D eigenvalue weighted by Gasteiger charge is -2.31. The van der Waals surface area contributed by atoms with Crippen LogP contribution in [0.15, 0.2) is 0 Å². The molecule has 12 heavy (non-hydrogen) atoms. The molecule has 0 radical (unpaired) electrons. The third-order valence-corrected chi connectivity index (χ3v) is 5.41. The van der Waals surface area contributed by atoms with Crippen LogP contribution in [0.3, 0.4) is 0 Å². The van der Waals surface area contributed by atoms with Crippen LogP contribution in [0.1, 0.15) is 20.3 Å². The number of rotatable bonds is 1. The van der Waals surface area contributed by atoms with E-state index in [0.717, 1.165) is 6.42 Å². The van der Waals surface area contributed by atoms with Gasteiger partial charge >= 0.3 is 0 Å². The molecule has 1 heterocycles. The summed E-state index contributed by atoms with van der Waals surface area (Å²) in [5, 5.41) is 0. The van der Waals surface area contributed by atoms with E-state index in [1.165, 1.54) is 0 Å². The van der Waals surface area contributed by atoms with Crippen LogP contribution in [-0.4, -0.2) is 22.2 Å². The average molecular weight is 300 g/mol. The van der Waals surface area contributed by atoms with Crippen molar-refractivity contribution in [1.82, 2.24) is 0 Å². The lowest BCUT2D eigenvalue weighted by Crippen LogP contribution is -2.38. The zero-order valence-electron chi connectivity index (χ0n) is 7.19. The molecule has 0 bridgehead atoms. The fourth-order valence-electron chi connectivity index (χ4n) is 1.73. The van der Waals surface area contributed by atoms with E-state index in [9.17, 15) is 0 Å². The molecule has 0 N–H and O–H groups in total. The Labute approximate surface area is 89.2 Å². The maximum absolute atomic E-state index is 5.62. The standard InChI is InChI=1S/C8H12Br2O2/c1-6(5-8(6,9)10)7(2)11-3-4-12-7/h3-5H2,1-2H3/t6-/m1/s1. The molecule has 4 heteroatoms. The van der Waals surface area contributed by atoms with Crippen molar-refractivity contribution >= 4 is 31.9 Å². The lowest BCUT2D eigenvalue weighted by molar-refractivity contribution is -0.187. The minimum absolute atomic E-state index is 0.00604. The van der Waals surface area contributed by atoms with Crippen LogP contribution in [-0.2, 0) is 9.47 Å². The molecule has 0 unspecified atom stereocenters. The molecule has 0 amide bonds. The third-order valence-electron chi connectivity index (χ3n) is 3.10. The first-order chi connectivity index (χ1) is 5.41. The van der Waals surface area contributed by atoms with Gasteiger partial charge in [-0.2, -0.15) is 0 Å². The van der Waals surface area contributed by atoms with Gasteiger partial charge in [-0.3, -0.25) is 0 Å². The molecule has 1 aliphatic heterocycles. The first-order valence-electron chi connectivity index (χ1n) is 4.07. The van der Waals surface area contributed by atoms with Crippen LogP contribution in [0.4, 0.5) is 0 Å². The highest BCUT2D eigenvalue weighted by molar-refractivity contribution is 9.25. The largest absolute Gasteiger partial charge is 0.347 e. The highest BCUT2D eigenvalue weighted by Gasteiger charge is 2.72. The zero-order chi connectivity index (χ0) is 9.04. The molecular formula is C8H12Br2O2. The second-order valence-corrected chi connectivity index (χ2v) is 7.63. The molecule has 0 aromatic heterocycles. The van der Waals surface area contributed by atoms with Gasteiger partial charge in [0.15, 0.2) is 5.79 Å². The van der Waals surface area contributed by atoms with E-state index in [-0.39, 0.29) is 8.65 Å². The van der Waals surface area contributed by atoms with Gasteiger partial charge in [-0.05, 0) is 13.3 Å². The maximum atomic E-state index is 5.62. The number of ether oxygens (including phenoxy) is 2. The molecular weight excluding hydrogens is 288 g/mol. The van der Waals surface area contributed by atoms with Crippen LogP contribution in [0, 0.1) is 5.41 Å². The first kappa shape index (κ1) is 9.44. The molecule has 2 fully saturated rings. The highest BCUT2D eigenvalue weighted by atomic mass is 79.9. The van der Waals surface area contributed by atoms with Gasteiger partial charge in [-0.1, -0.05) is 38.8 Å². The molecule has 2 aliphatic rings. The van der Waals surface area contributed by atoms with Gasteiger partial charge in [0.1, 0.15) is 0 Å². The van der Waals surface area contributed by atoms with E-state index < -0.39 is 5.79 Å². The van der Waals surface area contributed by atoms with E-state index in [0.29, 0.717) is 13.2 Å². The van der Waals surface area contributed by atoms with E-state index in [1.807, 2.05) is 6.92 Å². The van der Waals surface area contributed by atoms with E-state index >= 15 is 0 Å². The van der Waals surface area contributed by atoms with E-state index in [1.54, 1.807) is 0 Å². The summed E-state index contributed by atoms with van der Waals surface area (Å²) in [4.78, 5) is 0. The van der Waals surface area contributed by atoms with Gasteiger partial charge in [-0.25, -0.2) is 0 Å². The number of halogens is 2. The molecule has 1 saturated heterocycles. The summed E-state index contributed by atoms with van der Waals surface area (Å²) in [7, 11) is 0. The van der Waals surface area contributed by atoms with E-state index in [2.05, 4.69) is 38.8 Å². The van der Waals surface area contributed by atoms with Gasteiger partial charge in [0.2, 0.25) is 0 Å². The second kappa shape index (κ2) is 2.47. The summed E-state index contributed by atoms with van der Waals surface area (Å²) in [6.45, 7) is 5.61. The van der Waals surface area contributed by atoms with Crippen LogP contribution in [0.25, 0.3) is 0 Å². The Morgan fingerprint density at radius 3 is 1.83 bits per heavy atom.